The van der Waals surface area contributed by atoms with Gasteiger partial charge in [0.1, 0.15) is 0 Å². The number of nitrogens with two attached hydrogens (primary N) is 1. The van der Waals surface area contributed by atoms with Gasteiger partial charge in [0.2, 0.25) is 0 Å². The molecule has 0 saturated carbocycles. The third-order valence-electron chi connectivity index (χ3n) is 3.40. The molecular formula is C15H20N4. The summed E-state index contributed by atoms with van der Waals surface area (Å²) in [6, 6.07) is 10.2. The maximum atomic E-state index is 5.90. The summed E-state index contributed by atoms with van der Waals surface area (Å²) in [5.74, 6) is 0.860. The van der Waals surface area contributed by atoms with Gasteiger partial charge in [0, 0.05) is 24.3 Å². The fourth-order valence-electron chi connectivity index (χ4n) is 2.17. The summed E-state index contributed by atoms with van der Waals surface area (Å²) in [5.41, 5.74) is 10.1. The number of anilines is 2. The van der Waals surface area contributed by atoms with Crippen molar-refractivity contribution >= 4 is 11.5 Å². The third kappa shape index (κ3) is 2.58. The van der Waals surface area contributed by atoms with Crippen LogP contribution in [-0.2, 0) is 6.54 Å². The molecule has 4 heteroatoms. The first-order chi connectivity index (χ1) is 9.19. The van der Waals surface area contributed by atoms with E-state index in [1.54, 1.807) is 0 Å². The molecule has 2 N–H and O–H groups in total. The minimum atomic E-state index is 0.473. The molecule has 0 aliphatic rings. The lowest BCUT2D eigenvalue weighted by molar-refractivity contribution is 0.863. The number of nitrogens with zero attached hydrogens (tertiary/aromatic N) is 3. The van der Waals surface area contributed by atoms with Gasteiger partial charge in [-0.15, -0.1) is 5.10 Å². The summed E-state index contributed by atoms with van der Waals surface area (Å²) in [7, 11) is 0. The first-order valence-electron chi connectivity index (χ1n) is 6.54. The molecule has 0 aliphatic heterocycles. The van der Waals surface area contributed by atoms with E-state index in [9.17, 15) is 0 Å². The zero-order valence-electron chi connectivity index (χ0n) is 11.7. The van der Waals surface area contributed by atoms with E-state index in [0.717, 1.165) is 34.9 Å². The molecule has 1 aromatic carbocycles. The third-order valence-corrected chi connectivity index (χ3v) is 3.40. The van der Waals surface area contributed by atoms with Crippen LogP contribution in [0.4, 0.5) is 11.5 Å². The maximum absolute atomic E-state index is 5.90. The molecule has 0 unspecified atom stereocenters. The number of para-hydroxylation sites is 1. The standard InChI is InChI=1S/C15H20N4/c1-4-19(13-8-6-5-7-9-13)15-14(10-16)11(2)12(3)17-18-15/h5-9H,4,10,16H2,1-3H3. The summed E-state index contributed by atoms with van der Waals surface area (Å²) in [5, 5.41) is 8.59. The van der Waals surface area contributed by atoms with Crippen molar-refractivity contribution in [3.8, 4) is 0 Å². The summed E-state index contributed by atoms with van der Waals surface area (Å²) < 4.78 is 0. The number of benzene rings is 1. The van der Waals surface area contributed by atoms with Crippen LogP contribution in [-0.4, -0.2) is 16.7 Å². The molecule has 1 aromatic heterocycles. The molecule has 0 spiro atoms. The van der Waals surface area contributed by atoms with Gasteiger partial charge >= 0.3 is 0 Å². The van der Waals surface area contributed by atoms with Gasteiger partial charge in [-0.25, -0.2) is 0 Å². The molecule has 4 nitrogen and oxygen atoms in total. The van der Waals surface area contributed by atoms with Crippen molar-refractivity contribution in [1.82, 2.24) is 10.2 Å². The van der Waals surface area contributed by atoms with Gasteiger partial charge in [0.15, 0.2) is 5.82 Å². The second-order valence-corrected chi connectivity index (χ2v) is 4.50. The van der Waals surface area contributed by atoms with Crippen molar-refractivity contribution in [3.05, 3.63) is 47.2 Å². The van der Waals surface area contributed by atoms with E-state index in [2.05, 4.69) is 41.1 Å². The average Bonchev–Trinajstić information content (AvgIpc) is 2.45. The lowest BCUT2D eigenvalue weighted by Crippen LogP contribution is -2.22. The molecule has 0 aliphatic carbocycles. The Bertz CT molecular complexity index is 552. The quantitative estimate of drug-likeness (QED) is 0.913. The molecular weight excluding hydrogens is 236 g/mol. The summed E-state index contributed by atoms with van der Waals surface area (Å²) in [6.45, 7) is 7.41. The normalized spacial score (nSPS) is 10.5. The SMILES string of the molecule is CCN(c1ccccc1)c1nnc(C)c(C)c1CN. The zero-order valence-corrected chi connectivity index (χ0v) is 11.7. The van der Waals surface area contributed by atoms with Gasteiger partial charge < -0.3 is 10.6 Å². The van der Waals surface area contributed by atoms with Crippen LogP contribution >= 0.6 is 0 Å². The second-order valence-electron chi connectivity index (χ2n) is 4.50. The molecule has 100 valence electrons. The molecule has 19 heavy (non-hydrogen) atoms. The summed E-state index contributed by atoms with van der Waals surface area (Å²) in [4.78, 5) is 2.14. The van der Waals surface area contributed by atoms with Crippen LogP contribution < -0.4 is 10.6 Å². The minimum absolute atomic E-state index is 0.473. The van der Waals surface area contributed by atoms with E-state index in [4.69, 9.17) is 5.73 Å². The van der Waals surface area contributed by atoms with Crippen LogP contribution in [0.25, 0.3) is 0 Å². The molecule has 1 heterocycles. The molecule has 2 rings (SSSR count). The Hall–Kier alpha value is -1.94. The highest BCUT2D eigenvalue weighted by Crippen LogP contribution is 2.28. The van der Waals surface area contributed by atoms with E-state index in [1.165, 1.54) is 0 Å². The first kappa shape index (κ1) is 13.5. The molecule has 0 fully saturated rings. The lowest BCUT2D eigenvalue weighted by Gasteiger charge is -2.25. The average molecular weight is 256 g/mol. The van der Waals surface area contributed by atoms with Gasteiger partial charge in [0.25, 0.3) is 0 Å². The monoisotopic (exact) mass is 256 g/mol. The number of aryl methyl sites for hydroxylation is 1. The number of hydrogen-bond acceptors (Lipinski definition) is 4. The number of hydrogen-bond donors (Lipinski definition) is 1. The smallest absolute Gasteiger partial charge is 0.160 e. The van der Waals surface area contributed by atoms with Crippen molar-refractivity contribution in [3.63, 3.8) is 0 Å². The van der Waals surface area contributed by atoms with E-state index in [1.807, 2.05) is 25.1 Å². The summed E-state index contributed by atoms with van der Waals surface area (Å²) in [6.07, 6.45) is 0. The fourth-order valence-corrected chi connectivity index (χ4v) is 2.17. The van der Waals surface area contributed by atoms with Crippen LogP contribution in [0.1, 0.15) is 23.7 Å². The van der Waals surface area contributed by atoms with Crippen molar-refractivity contribution in [2.24, 2.45) is 5.73 Å². The zero-order chi connectivity index (χ0) is 13.8. The van der Waals surface area contributed by atoms with E-state index in [0.29, 0.717) is 6.54 Å². The van der Waals surface area contributed by atoms with Crippen molar-refractivity contribution < 1.29 is 0 Å². The van der Waals surface area contributed by atoms with E-state index >= 15 is 0 Å². The Morgan fingerprint density at radius 2 is 1.79 bits per heavy atom. The Kier molecular flexibility index (Phi) is 4.12. The Balaban J connectivity index is 2.53. The highest BCUT2D eigenvalue weighted by Gasteiger charge is 2.16. The Morgan fingerprint density at radius 3 is 2.37 bits per heavy atom. The number of rotatable bonds is 4. The van der Waals surface area contributed by atoms with E-state index in [-0.39, 0.29) is 0 Å². The first-order valence-corrected chi connectivity index (χ1v) is 6.54. The predicted octanol–water partition coefficient (Wildman–Crippen LogP) is 2.71. The maximum Gasteiger partial charge on any atom is 0.160 e. The van der Waals surface area contributed by atoms with Gasteiger partial charge in [-0.2, -0.15) is 5.10 Å². The highest BCUT2D eigenvalue weighted by atomic mass is 15.3. The van der Waals surface area contributed by atoms with Crippen LogP contribution in [0.15, 0.2) is 30.3 Å². The largest absolute Gasteiger partial charge is 0.326 e. The molecule has 0 radical (unpaired) electrons. The topological polar surface area (TPSA) is 55.0 Å². The van der Waals surface area contributed by atoms with Crippen molar-refractivity contribution in [1.29, 1.82) is 0 Å². The molecule has 0 bridgehead atoms. The molecule has 0 atom stereocenters. The van der Waals surface area contributed by atoms with Crippen LogP contribution in [0.2, 0.25) is 0 Å². The minimum Gasteiger partial charge on any atom is -0.326 e. The number of aromatic nitrogens is 2. The van der Waals surface area contributed by atoms with Crippen molar-refractivity contribution in [2.45, 2.75) is 27.3 Å². The molecule has 0 amide bonds. The van der Waals surface area contributed by atoms with Gasteiger partial charge in [-0.1, -0.05) is 18.2 Å². The van der Waals surface area contributed by atoms with Crippen LogP contribution in [0.3, 0.4) is 0 Å². The van der Waals surface area contributed by atoms with Crippen LogP contribution in [0.5, 0.6) is 0 Å². The van der Waals surface area contributed by atoms with Crippen LogP contribution in [0, 0.1) is 13.8 Å². The lowest BCUT2D eigenvalue weighted by atomic mass is 10.1. The molecule has 0 saturated heterocycles. The highest BCUT2D eigenvalue weighted by molar-refractivity contribution is 5.63. The van der Waals surface area contributed by atoms with Gasteiger partial charge in [-0.3, -0.25) is 0 Å². The fraction of sp³-hybridized carbons (Fsp3) is 0.333. The summed E-state index contributed by atoms with van der Waals surface area (Å²) >= 11 is 0. The van der Waals surface area contributed by atoms with Gasteiger partial charge in [0.05, 0.1) is 5.69 Å². The molecule has 2 aromatic rings. The second kappa shape index (κ2) is 5.80. The Morgan fingerprint density at radius 1 is 1.11 bits per heavy atom. The van der Waals surface area contributed by atoms with Gasteiger partial charge in [-0.05, 0) is 38.5 Å². The van der Waals surface area contributed by atoms with E-state index < -0.39 is 0 Å². The van der Waals surface area contributed by atoms with Crippen molar-refractivity contribution in [2.75, 3.05) is 11.4 Å². The Labute approximate surface area is 114 Å². The predicted molar refractivity (Wildman–Crippen MR) is 78.5 cm³/mol.